The molecule has 0 aliphatic carbocycles. The molecule has 0 saturated carbocycles. The van der Waals surface area contributed by atoms with Gasteiger partial charge in [-0.25, -0.2) is 0 Å². The first kappa shape index (κ1) is 18.2. The van der Waals surface area contributed by atoms with E-state index in [9.17, 15) is 9.59 Å². The number of carboxylic acid groups (broad SMARTS) is 1. The lowest BCUT2D eigenvalue weighted by atomic mass is 10.1. The predicted octanol–water partition coefficient (Wildman–Crippen LogP) is 2.70. The average molecular weight is 309 g/mol. The highest BCUT2D eigenvalue weighted by molar-refractivity contribution is 5.95. The van der Waals surface area contributed by atoms with E-state index in [0.717, 1.165) is 37.8 Å². The average Bonchev–Trinajstić information content (AvgIpc) is 2.83. The Bertz CT molecular complexity index is 495. The zero-order valence-electron chi connectivity index (χ0n) is 13.8. The fourth-order valence-corrected chi connectivity index (χ4v) is 2.34. The van der Waals surface area contributed by atoms with Crippen LogP contribution < -0.4 is 5.32 Å². The van der Waals surface area contributed by atoms with Crippen LogP contribution >= 0.6 is 0 Å². The first-order valence-corrected chi connectivity index (χ1v) is 7.95. The lowest BCUT2D eigenvalue weighted by Gasteiger charge is -2.07. The molecule has 6 nitrogen and oxygen atoms in total. The number of amides is 1. The summed E-state index contributed by atoms with van der Waals surface area (Å²) in [4.78, 5) is 22.5. The Kier molecular flexibility index (Phi) is 7.63. The highest BCUT2D eigenvalue weighted by atomic mass is 16.4. The van der Waals surface area contributed by atoms with Gasteiger partial charge in [0.05, 0.1) is 11.3 Å². The number of rotatable bonds is 10. The number of hydrogen-bond acceptors (Lipinski definition) is 3. The third kappa shape index (κ3) is 6.28. The lowest BCUT2D eigenvalue weighted by molar-refractivity contribution is -0.137. The van der Waals surface area contributed by atoms with E-state index in [1.165, 1.54) is 0 Å². The lowest BCUT2D eigenvalue weighted by Crippen LogP contribution is -2.25. The molecular formula is C16H27N3O3. The second-order valence-corrected chi connectivity index (χ2v) is 5.92. The number of aliphatic carboxylic acids is 1. The molecule has 1 aromatic heterocycles. The molecule has 2 N–H and O–H groups in total. The van der Waals surface area contributed by atoms with E-state index in [1.54, 1.807) is 10.9 Å². The molecule has 0 aliphatic rings. The maximum absolute atomic E-state index is 12.2. The number of aryl methyl sites for hydroxylation is 1. The van der Waals surface area contributed by atoms with Crippen LogP contribution in [0.15, 0.2) is 6.20 Å². The topological polar surface area (TPSA) is 84.2 Å². The molecule has 1 amide bonds. The van der Waals surface area contributed by atoms with Crippen LogP contribution in [0, 0.1) is 0 Å². The Balaban J connectivity index is 2.22. The molecule has 0 bridgehead atoms. The highest BCUT2D eigenvalue weighted by Crippen LogP contribution is 2.17. The molecule has 1 aromatic rings. The van der Waals surface area contributed by atoms with Crippen molar-refractivity contribution in [3.05, 3.63) is 17.5 Å². The Morgan fingerprint density at radius 1 is 1.23 bits per heavy atom. The summed E-state index contributed by atoms with van der Waals surface area (Å²) < 4.78 is 1.67. The van der Waals surface area contributed by atoms with Crippen molar-refractivity contribution < 1.29 is 14.7 Å². The number of nitrogens with zero attached hydrogens (tertiary/aromatic N) is 2. The molecule has 0 unspecified atom stereocenters. The highest BCUT2D eigenvalue weighted by Gasteiger charge is 2.17. The first-order valence-electron chi connectivity index (χ1n) is 7.95. The number of carbonyl (C=O) groups excluding carboxylic acids is 1. The number of hydrogen-bond donors (Lipinski definition) is 2. The van der Waals surface area contributed by atoms with Crippen molar-refractivity contribution in [1.82, 2.24) is 15.1 Å². The van der Waals surface area contributed by atoms with Gasteiger partial charge in [0.25, 0.3) is 5.91 Å². The van der Waals surface area contributed by atoms with Gasteiger partial charge in [-0.1, -0.05) is 33.1 Å². The summed E-state index contributed by atoms with van der Waals surface area (Å²) in [6.45, 7) is 4.69. The smallest absolute Gasteiger partial charge is 0.303 e. The summed E-state index contributed by atoms with van der Waals surface area (Å²) in [5, 5.41) is 15.8. The van der Waals surface area contributed by atoms with Gasteiger partial charge in [-0.3, -0.25) is 14.3 Å². The zero-order valence-corrected chi connectivity index (χ0v) is 13.8. The Morgan fingerprint density at radius 2 is 1.86 bits per heavy atom. The maximum Gasteiger partial charge on any atom is 0.303 e. The molecule has 0 aliphatic heterocycles. The van der Waals surface area contributed by atoms with Crippen LogP contribution in [0.1, 0.15) is 74.3 Å². The largest absolute Gasteiger partial charge is 0.481 e. The van der Waals surface area contributed by atoms with E-state index < -0.39 is 5.97 Å². The zero-order chi connectivity index (χ0) is 16.5. The number of unbranched alkanes of at least 4 members (excludes halogenated alkanes) is 4. The van der Waals surface area contributed by atoms with E-state index in [-0.39, 0.29) is 18.2 Å². The van der Waals surface area contributed by atoms with Gasteiger partial charge in [-0.05, 0) is 18.8 Å². The summed E-state index contributed by atoms with van der Waals surface area (Å²) >= 11 is 0. The van der Waals surface area contributed by atoms with Crippen LogP contribution in [0.5, 0.6) is 0 Å². The van der Waals surface area contributed by atoms with Gasteiger partial charge in [0.15, 0.2) is 0 Å². The number of nitrogens with one attached hydrogen (secondary N) is 1. The molecule has 124 valence electrons. The summed E-state index contributed by atoms with van der Waals surface area (Å²) in [7, 11) is 1.82. The normalized spacial score (nSPS) is 10.9. The van der Waals surface area contributed by atoms with Gasteiger partial charge in [0.1, 0.15) is 0 Å². The van der Waals surface area contributed by atoms with Crippen molar-refractivity contribution in [2.45, 2.75) is 58.3 Å². The molecular weight excluding hydrogens is 282 g/mol. The van der Waals surface area contributed by atoms with Crippen molar-refractivity contribution in [3.63, 3.8) is 0 Å². The van der Waals surface area contributed by atoms with Gasteiger partial charge in [-0.2, -0.15) is 5.10 Å². The van der Waals surface area contributed by atoms with E-state index in [2.05, 4.69) is 10.4 Å². The van der Waals surface area contributed by atoms with Gasteiger partial charge in [0.2, 0.25) is 0 Å². The molecule has 0 radical (unpaired) electrons. The third-order valence-electron chi connectivity index (χ3n) is 3.50. The summed E-state index contributed by atoms with van der Waals surface area (Å²) in [6.07, 6.45) is 6.59. The van der Waals surface area contributed by atoms with Crippen LogP contribution in [0.2, 0.25) is 0 Å². The third-order valence-corrected chi connectivity index (χ3v) is 3.50. The van der Waals surface area contributed by atoms with Crippen molar-refractivity contribution >= 4 is 11.9 Å². The van der Waals surface area contributed by atoms with Crippen molar-refractivity contribution in [2.75, 3.05) is 6.54 Å². The Hall–Kier alpha value is -1.85. The fourth-order valence-electron chi connectivity index (χ4n) is 2.34. The van der Waals surface area contributed by atoms with Crippen LogP contribution in [0.4, 0.5) is 0 Å². The van der Waals surface area contributed by atoms with Crippen LogP contribution in [0.25, 0.3) is 0 Å². The molecule has 0 fully saturated rings. The van der Waals surface area contributed by atoms with Gasteiger partial charge < -0.3 is 10.4 Å². The van der Waals surface area contributed by atoms with Crippen molar-refractivity contribution in [2.24, 2.45) is 7.05 Å². The molecule has 1 rings (SSSR count). The number of carbonyl (C=O) groups is 2. The molecule has 0 saturated heterocycles. The molecule has 1 heterocycles. The molecule has 0 aromatic carbocycles. The van der Waals surface area contributed by atoms with E-state index in [4.69, 9.17) is 5.11 Å². The Morgan fingerprint density at radius 3 is 2.50 bits per heavy atom. The van der Waals surface area contributed by atoms with Gasteiger partial charge in [-0.15, -0.1) is 0 Å². The number of carboxylic acids is 1. The van der Waals surface area contributed by atoms with Crippen LogP contribution in [0.3, 0.4) is 0 Å². The molecule has 6 heteroatoms. The number of aromatic nitrogens is 2. The predicted molar refractivity (Wildman–Crippen MR) is 85.0 cm³/mol. The minimum atomic E-state index is -0.732. The second-order valence-electron chi connectivity index (χ2n) is 5.92. The minimum Gasteiger partial charge on any atom is -0.481 e. The maximum atomic E-state index is 12.2. The minimum absolute atomic E-state index is 0.0670. The van der Waals surface area contributed by atoms with E-state index in [0.29, 0.717) is 12.1 Å². The SMILES string of the molecule is CC(C)c1nn(C)cc1C(=O)NCCCCCCCC(=O)O. The first-order chi connectivity index (χ1) is 10.4. The van der Waals surface area contributed by atoms with Crippen LogP contribution in [-0.4, -0.2) is 33.3 Å². The fraction of sp³-hybridized carbons (Fsp3) is 0.688. The quantitative estimate of drug-likeness (QED) is 0.651. The van der Waals surface area contributed by atoms with Gasteiger partial charge in [0, 0.05) is 26.2 Å². The standard InChI is InChI=1S/C16H27N3O3/c1-12(2)15-13(11-19(3)18-15)16(22)17-10-8-6-4-5-7-9-14(20)21/h11-12H,4-10H2,1-3H3,(H,17,22)(H,20,21). The van der Waals surface area contributed by atoms with Gasteiger partial charge >= 0.3 is 5.97 Å². The monoisotopic (exact) mass is 309 g/mol. The van der Waals surface area contributed by atoms with E-state index >= 15 is 0 Å². The second kappa shape index (κ2) is 9.23. The Labute approximate surface area is 131 Å². The molecule has 0 atom stereocenters. The molecule has 22 heavy (non-hydrogen) atoms. The summed E-state index contributed by atoms with van der Waals surface area (Å²) in [5.41, 5.74) is 1.48. The summed E-state index contributed by atoms with van der Waals surface area (Å²) in [5.74, 6) is -0.580. The van der Waals surface area contributed by atoms with Crippen molar-refractivity contribution in [1.29, 1.82) is 0 Å². The molecule has 0 spiro atoms. The summed E-state index contributed by atoms with van der Waals surface area (Å²) in [6, 6.07) is 0. The van der Waals surface area contributed by atoms with Crippen LogP contribution in [-0.2, 0) is 11.8 Å². The van der Waals surface area contributed by atoms with E-state index in [1.807, 2.05) is 20.9 Å². The van der Waals surface area contributed by atoms with Crippen molar-refractivity contribution in [3.8, 4) is 0 Å².